The molecule has 0 saturated carbocycles. The van der Waals surface area contributed by atoms with E-state index in [1.54, 1.807) is 0 Å². The quantitative estimate of drug-likeness (QED) is 0.0193. The molecule has 6 N–H and O–H groups in total. The van der Waals surface area contributed by atoms with Gasteiger partial charge in [-0.25, -0.2) is 4.18 Å². The first-order valence-electron chi connectivity index (χ1n) is 34.1. The van der Waals surface area contributed by atoms with Crippen LogP contribution in [0.15, 0.2) is 12.2 Å². The zero-order valence-electron chi connectivity index (χ0n) is 51.5. The van der Waals surface area contributed by atoms with Crippen LogP contribution in [0.25, 0.3) is 0 Å². The van der Waals surface area contributed by atoms with Crippen molar-refractivity contribution in [3.63, 3.8) is 0 Å². The Morgan fingerprint density at radius 1 is 0.494 bits per heavy atom. The van der Waals surface area contributed by atoms with Gasteiger partial charge in [0, 0.05) is 6.42 Å². The van der Waals surface area contributed by atoms with Gasteiger partial charge in [-0.2, -0.15) is 8.42 Å². The monoisotopic (exact) mass is 1140 g/mol. The molecular formula is C66H129NO11S. The summed E-state index contributed by atoms with van der Waals surface area (Å²) >= 11 is 0. The lowest BCUT2D eigenvalue weighted by atomic mass is 9.99. The number of hydrogen-bond donors (Lipinski definition) is 6. The summed E-state index contributed by atoms with van der Waals surface area (Å²) in [5, 5.41) is 45.1. The van der Waals surface area contributed by atoms with Crippen LogP contribution in [-0.2, 0) is 28.9 Å². The number of allylic oxidation sites excluding steroid dienone is 2. The number of rotatable bonds is 61. The lowest BCUT2D eigenvalue weighted by Gasteiger charge is -2.41. The molecule has 0 aromatic carbocycles. The molecule has 1 amide bonds. The van der Waals surface area contributed by atoms with E-state index in [4.69, 9.17) is 9.47 Å². The maximum absolute atomic E-state index is 13.2. The van der Waals surface area contributed by atoms with Crippen molar-refractivity contribution in [1.82, 2.24) is 5.32 Å². The Kier molecular flexibility index (Phi) is 53.8. The van der Waals surface area contributed by atoms with Crippen molar-refractivity contribution in [1.29, 1.82) is 0 Å². The lowest BCUT2D eigenvalue weighted by molar-refractivity contribution is -0.298. The number of nitrogens with one attached hydrogen (secondary N) is 1. The van der Waals surface area contributed by atoms with Crippen molar-refractivity contribution in [3.8, 4) is 0 Å². The molecule has 0 aromatic rings. The Balaban J connectivity index is 2.11. The fourth-order valence-electron chi connectivity index (χ4n) is 11.3. The van der Waals surface area contributed by atoms with E-state index in [-0.39, 0.29) is 12.5 Å². The van der Waals surface area contributed by atoms with Gasteiger partial charge >= 0.3 is 10.4 Å². The van der Waals surface area contributed by atoms with Crippen LogP contribution in [0.4, 0.5) is 0 Å². The Bertz CT molecular complexity index is 1440. The predicted octanol–water partition coefficient (Wildman–Crippen LogP) is 17.4. The molecule has 0 spiro atoms. The zero-order valence-corrected chi connectivity index (χ0v) is 52.3. The van der Waals surface area contributed by atoms with Crippen molar-refractivity contribution in [3.05, 3.63) is 12.2 Å². The molecular weight excluding hydrogens is 1010 g/mol. The fraction of sp³-hybridized carbons (Fsp3) is 0.955. The molecule has 12 nitrogen and oxygen atoms in total. The Morgan fingerprint density at radius 2 is 0.810 bits per heavy atom. The topological polar surface area (TPSA) is 192 Å². The van der Waals surface area contributed by atoms with E-state index in [1.165, 1.54) is 270 Å². The number of ether oxygens (including phenoxy) is 2. The summed E-state index contributed by atoms with van der Waals surface area (Å²) in [6.07, 6.45) is 61.4. The minimum atomic E-state index is -5.08. The molecule has 0 bridgehead atoms. The first-order chi connectivity index (χ1) is 38.5. The van der Waals surface area contributed by atoms with E-state index in [0.717, 1.165) is 51.4 Å². The standard InChI is InChI=1S/C66H129NO11S/c1-3-5-7-9-11-13-15-17-18-19-20-21-22-23-24-25-26-27-28-29-30-31-32-33-34-35-36-37-38-39-40-41-42-44-46-48-50-52-54-56-62(70)67-59(60(69)55-53-51-49-47-45-43-16-14-12-10-8-6-4-2)58-76-66-64(72)65(78-79(73,74)75)63(71)61(57-68)77-66/h29-30,59-61,63-66,68-69,71-72H,3-28,31-58H2,1-2H3,(H,67,70)(H,73,74,75)/b30-29-. The van der Waals surface area contributed by atoms with Crippen LogP contribution < -0.4 is 5.32 Å². The number of aliphatic hydroxyl groups is 4. The second kappa shape index (κ2) is 56.0. The number of hydrogen-bond acceptors (Lipinski definition) is 10. The highest BCUT2D eigenvalue weighted by molar-refractivity contribution is 7.80. The van der Waals surface area contributed by atoms with Gasteiger partial charge in [-0.05, 0) is 38.5 Å². The Morgan fingerprint density at radius 3 is 1.14 bits per heavy atom. The van der Waals surface area contributed by atoms with Crippen LogP contribution in [0.3, 0.4) is 0 Å². The minimum Gasteiger partial charge on any atom is -0.394 e. The van der Waals surface area contributed by atoms with Crippen LogP contribution in [0.2, 0.25) is 0 Å². The van der Waals surface area contributed by atoms with Gasteiger partial charge in [-0.1, -0.05) is 315 Å². The maximum Gasteiger partial charge on any atom is 0.397 e. The van der Waals surface area contributed by atoms with E-state index in [2.05, 4.69) is 35.5 Å². The second-order valence-corrected chi connectivity index (χ2v) is 25.2. The summed E-state index contributed by atoms with van der Waals surface area (Å²) < 4.78 is 47.9. The van der Waals surface area contributed by atoms with E-state index in [0.29, 0.717) is 12.8 Å². The number of amides is 1. The number of unbranched alkanes of at least 4 members (excludes halogenated alkanes) is 47. The third-order valence-corrected chi connectivity index (χ3v) is 17.0. The van der Waals surface area contributed by atoms with Crippen molar-refractivity contribution < 1.29 is 51.8 Å². The predicted molar refractivity (Wildman–Crippen MR) is 329 cm³/mol. The first kappa shape index (κ1) is 75.9. The molecule has 0 radical (unpaired) electrons. The zero-order chi connectivity index (χ0) is 57.5. The van der Waals surface area contributed by atoms with E-state index in [1.807, 2.05) is 0 Å². The molecule has 7 atom stereocenters. The van der Waals surface area contributed by atoms with Crippen LogP contribution in [-0.4, -0.2) is 95.4 Å². The molecule has 1 rings (SSSR count). The largest absolute Gasteiger partial charge is 0.397 e. The highest BCUT2D eigenvalue weighted by atomic mass is 32.3. The molecule has 0 aliphatic carbocycles. The summed E-state index contributed by atoms with van der Waals surface area (Å²) in [4.78, 5) is 13.2. The lowest BCUT2D eigenvalue weighted by Crippen LogP contribution is -2.61. The summed E-state index contributed by atoms with van der Waals surface area (Å²) in [5.41, 5.74) is 0. The van der Waals surface area contributed by atoms with Gasteiger partial charge in [-0.15, -0.1) is 0 Å². The molecule has 470 valence electrons. The molecule has 13 heteroatoms. The van der Waals surface area contributed by atoms with Crippen LogP contribution in [0, 0.1) is 0 Å². The first-order valence-corrected chi connectivity index (χ1v) is 35.4. The normalized spacial score (nSPS) is 18.7. The SMILES string of the molecule is CCCCCCCCCCCCCCCCCCCC/C=C\CCCCCCCCCCCCCCCCCCCC(=O)NC(COC1OC(CO)C(O)C(OS(=O)(=O)O)C1O)C(O)CCCCCCCCCCCCCCC. The smallest absolute Gasteiger partial charge is 0.394 e. The summed E-state index contributed by atoms with van der Waals surface area (Å²) in [7, 11) is -5.08. The number of aliphatic hydroxyl groups excluding tert-OH is 4. The molecule has 1 heterocycles. The van der Waals surface area contributed by atoms with Gasteiger partial charge in [0.1, 0.15) is 24.4 Å². The Labute approximate surface area is 487 Å². The highest BCUT2D eigenvalue weighted by Gasteiger charge is 2.48. The molecule has 0 aromatic heterocycles. The Hall–Kier alpha value is -1.16. The van der Waals surface area contributed by atoms with Crippen molar-refractivity contribution in [2.45, 2.75) is 391 Å². The minimum absolute atomic E-state index is 0.224. The van der Waals surface area contributed by atoms with Gasteiger partial charge in [0.15, 0.2) is 6.29 Å². The number of carbonyl (C=O) groups is 1. The van der Waals surface area contributed by atoms with Gasteiger partial charge in [-0.3, -0.25) is 9.35 Å². The van der Waals surface area contributed by atoms with Crippen molar-refractivity contribution >= 4 is 16.3 Å². The summed E-state index contributed by atoms with van der Waals surface area (Å²) in [5.74, 6) is -0.224. The third-order valence-electron chi connectivity index (χ3n) is 16.6. The second-order valence-electron chi connectivity index (χ2n) is 24.1. The van der Waals surface area contributed by atoms with Gasteiger partial charge in [0.25, 0.3) is 0 Å². The van der Waals surface area contributed by atoms with E-state index >= 15 is 0 Å². The summed E-state index contributed by atoms with van der Waals surface area (Å²) in [6, 6.07) is -0.855. The molecule has 1 aliphatic heterocycles. The van der Waals surface area contributed by atoms with E-state index < -0.39 is 59.9 Å². The number of carbonyl (C=O) groups excluding carboxylic acids is 1. The average molecular weight is 1140 g/mol. The highest BCUT2D eigenvalue weighted by Crippen LogP contribution is 2.27. The van der Waals surface area contributed by atoms with E-state index in [9.17, 15) is 38.2 Å². The maximum atomic E-state index is 13.2. The summed E-state index contributed by atoms with van der Waals surface area (Å²) in [6.45, 7) is 3.49. The molecule has 7 unspecified atom stereocenters. The van der Waals surface area contributed by atoms with Gasteiger partial charge in [0.2, 0.25) is 5.91 Å². The van der Waals surface area contributed by atoms with Crippen LogP contribution >= 0.6 is 0 Å². The van der Waals surface area contributed by atoms with Gasteiger partial charge in [0.05, 0.1) is 25.4 Å². The van der Waals surface area contributed by atoms with Crippen LogP contribution in [0.1, 0.15) is 348 Å². The average Bonchev–Trinajstić information content (AvgIpc) is 3.43. The van der Waals surface area contributed by atoms with Crippen molar-refractivity contribution in [2.24, 2.45) is 0 Å². The van der Waals surface area contributed by atoms with Crippen molar-refractivity contribution in [2.75, 3.05) is 13.2 Å². The van der Waals surface area contributed by atoms with Crippen LogP contribution in [0.5, 0.6) is 0 Å². The molecule has 1 saturated heterocycles. The van der Waals surface area contributed by atoms with Gasteiger partial charge < -0.3 is 35.2 Å². The molecule has 1 aliphatic rings. The molecule has 1 fully saturated rings. The molecule has 79 heavy (non-hydrogen) atoms. The third kappa shape index (κ3) is 47.8. The fourth-order valence-corrected chi connectivity index (χ4v) is 11.9.